The molecule has 1 unspecified atom stereocenters. The molecule has 0 radical (unpaired) electrons. The van der Waals surface area contributed by atoms with Crippen LogP contribution in [0.15, 0.2) is 6.07 Å². The highest BCUT2D eigenvalue weighted by Gasteiger charge is 2.14. The Bertz CT molecular complexity index is 365. The summed E-state index contributed by atoms with van der Waals surface area (Å²) in [4.78, 5) is 11.4. The molecule has 18 heavy (non-hydrogen) atoms. The van der Waals surface area contributed by atoms with Crippen LogP contribution in [0.25, 0.3) is 0 Å². The molecule has 1 N–H and O–H groups in total. The first kappa shape index (κ1) is 13.3. The molecular formula is C14H24N4. The molecule has 0 spiro atoms. The number of rotatable bonds is 5. The van der Waals surface area contributed by atoms with Crippen molar-refractivity contribution in [3.63, 3.8) is 0 Å². The van der Waals surface area contributed by atoms with Crippen LogP contribution in [0.1, 0.15) is 31.2 Å². The molecular weight excluding hydrogens is 224 g/mol. The van der Waals surface area contributed by atoms with Gasteiger partial charge in [0.15, 0.2) is 0 Å². The van der Waals surface area contributed by atoms with Gasteiger partial charge in [-0.05, 0) is 51.8 Å². The van der Waals surface area contributed by atoms with E-state index < -0.39 is 0 Å². The Kier molecular flexibility index (Phi) is 4.53. The lowest BCUT2D eigenvalue weighted by atomic mass is 10.1. The van der Waals surface area contributed by atoms with E-state index in [-0.39, 0.29) is 0 Å². The maximum absolute atomic E-state index is 4.40. The van der Waals surface area contributed by atoms with E-state index in [4.69, 9.17) is 0 Å². The summed E-state index contributed by atoms with van der Waals surface area (Å²) in [6.07, 6.45) is 2.72. The summed E-state index contributed by atoms with van der Waals surface area (Å²) in [6.45, 7) is 11.0. The quantitative estimate of drug-likeness (QED) is 0.867. The molecule has 2 rings (SSSR count). The first-order valence-electron chi connectivity index (χ1n) is 6.92. The first-order valence-corrected chi connectivity index (χ1v) is 6.92. The number of anilines is 1. The van der Waals surface area contributed by atoms with Crippen molar-refractivity contribution in [2.75, 3.05) is 31.5 Å². The Labute approximate surface area is 110 Å². The van der Waals surface area contributed by atoms with Crippen molar-refractivity contribution in [1.82, 2.24) is 14.9 Å². The van der Waals surface area contributed by atoms with Gasteiger partial charge in [-0.3, -0.25) is 0 Å². The smallest absolute Gasteiger partial charge is 0.223 e. The molecule has 1 aromatic heterocycles. The van der Waals surface area contributed by atoms with E-state index in [2.05, 4.69) is 27.1 Å². The van der Waals surface area contributed by atoms with Crippen molar-refractivity contribution in [1.29, 1.82) is 0 Å². The topological polar surface area (TPSA) is 41.1 Å². The van der Waals surface area contributed by atoms with Gasteiger partial charge in [-0.1, -0.05) is 6.92 Å². The molecule has 1 aromatic rings. The third-order valence-electron chi connectivity index (χ3n) is 3.36. The second kappa shape index (κ2) is 6.14. The minimum atomic E-state index is 0.632. The molecule has 0 bridgehead atoms. The van der Waals surface area contributed by atoms with Crippen LogP contribution in [0.2, 0.25) is 0 Å². The van der Waals surface area contributed by atoms with Gasteiger partial charge in [-0.15, -0.1) is 0 Å². The van der Waals surface area contributed by atoms with E-state index in [0.717, 1.165) is 23.9 Å². The summed E-state index contributed by atoms with van der Waals surface area (Å²) in [6, 6.07) is 2.00. The van der Waals surface area contributed by atoms with E-state index in [1.165, 1.54) is 32.5 Å². The fraction of sp³-hybridized carbons (Fsp3) is 0.714. The molecule has 2 heterocycles. The number of nitrogens with one attached hydrogen (secondary N) is 1. The standard InChI is InChI=1S/C14H24N4/c1-11(10-18-6-4-5-7-18)9-15-14-16-12(2)8-13(3)17-14/h8,11H,4-7,9-10H2,1-3H3,(H,15,16,17). The van der Waals surface area contributed by atoms with Crippen molar-refractivity contribution < 1.29 is 0 Å². The van der Waals surface area contributed by atoms with Crippen molar-refractivity contribution in [3.8, 4) is 0 Å². The summed E-state index contributed by atoms with van der Waals surface area (Å²) in [5, 5.41) is 3.35. The zero-order valence-corrected chi connectivity index (χ0v) is 11.7. The molecule has 0 amide bonds. The highest BCUT2D eigenvalue weighted by atomic mass is 15.1. The van der Waals surface area contributed by atoms with Gasteiger partial charge in [0.1, 0.15) is 0 Å². The zero-order valence-electron chi connectivity index (χ0n) is 11.7. The summed E-state index contributed by atoms with van der Waals surface area (Å²) in [5.74, 6) is 1.40. The summed E-state index contributed by atoms with van der Waals surface area (Å²) in [7, 11) is 0. The third-order valence-corrected chi connectivity index (χ3v) is 3.36. The lowest BCUT2D eigenvalue weighted by Gasteiger charge is -2.20. The van der Waals surface area contributed by atoms with Gasteiger partial charge in [0.05, 0.1) is 0 Å². The minimum absolute atomic E-state index is 0.632. The lowest BCUT2D eigenvalue weighted by Crippen LogP contribution is -2.29. The predicted octanol–water partition coefficient (Wildman–Crippen LogP) is 2.24. The number of aryl methyl sites for hydroxylation is 2. The molecule has 1 aliphatic heterocycles. The normalized spacial score (nSPS) is 17.9. The van der Waals surface area contributed by atoms with Crippen molar-refractivity contribution in [2.45, 2.75) is 33.6 Å². The number of nitrogens with zero attached hydrogens (tertiary/aromatic N) is 3. The molecule has 0 aromatic carbocycles. The predicted molar refractivity (Wildman–Crippen MR) is 74.8 cm³/mol. The van der Waals surface area contributed by atoms with Crippen molar-refractivity contribution >= 4 is 5.95 Å². The van der Waals surface area contributed by atoms with Gasteiger partial charge in [0.25, 0.3) is 0 Å². The maximum atomic E-state index is 4.40. The van der Waals surface area contributed by atoms with Gasteiger partial charge in [0, 0.05) is 24.5 Å². The molecule has 0 aliphatic carbocycles. The number of aromatic nitrogens is 2. The second-order valence-electron chi connectivity index (χ2n) is 5.47. The molecule has 4 nitrogen and oxygen atoms in total. The lowest BCUT2D eigenvalue weighted by molar-refractivity contribution is 0.294. The summed E-state index contributed by atoms with van der Waals surface area (Å²) < 4.78 is 0. The van der Waals surface area contributed by atoms with Crippen molar-refractivity contribution in [2.24, 2.45) is 5.92 Å². The molecule has 4 heteroatoms. The largest absolute Gasteiger partial charge is 0.354 e. The Morgan fingerprint density at radius 3 is 2.44 bits per heavy atom. The van der Waals surface area contributed by atoms with Gasteiger partial charge >= 0.3 is 0 Å². The van der Waals surface area contributed by atoms with E-state index in [0.29, 0.717) is 5.92 Å². The van der Waals surface area contributed by atoms with Gasteiger partial charge < -0.3 is 10.2 Å². The number of hydrogen-bond acceptors (Lipinski definition) is 4. The van der Waals surface area contributed by atoms with Crippen LogP contribution in [0.3, 0.4) is 0 Å². The molecule has 0 saturated carbocycles. The first-order chi connectivity index (χ1) is 8.63. The van der Waals surface area contributed by atoms with Crippen LogP contribution in [0, 0.1) is 19.8 Å². The van der Waals surface area contributed by atoms with Crippen LogP contribution in [0.4, 0.5) is 5.95 Å². The van der Waals surface area contributed by atoms with E-state index in [1.54, 1.807) is 0 Å². The van der Waals surface area contributed by atoms with Crippen LogP contribution >= 0.6 is 0 Å². The number of likely N-dealkylation sites (tertiary alicyclic amines) is 1. The monoisotopic (exact) mass is 248 g/mol. The minimum Gasteiger partial charge on any atom is -0.354 e. The number of hydrogen-bond donors (Lipinski definition) is 1. The van der Waals surface area contributed by atoms with E-state index in [1.807, 2.05) is 19.9 Å². The van der Waals surface area contributed by atoms with Gasteiger partial charge in [-0.25, -0.2) is 9.97 Å². The third kappa shape index (κ3) is 3.95. The van der Waals surface area contributed by atoms with Crippen LogP contribution in [0.5, 0.6) is 0 Å². The fourth-order valence-corrected chi connectivity index (χ4v) is 2.54. The zero-order chi connectivity index (χ0) is 13.0. The molecule has 1 saturated heterocycles. The molecule has 100 valence electrons. The SMILES string of the molecule is Cc1cc(C)nc(NCC(C)CN2CCCC2)n1. The second-order valence-corrected chi connectivity index (χ2v) is 5.47. The Morgan fingerprint density at radius 1 is 1.22 bits per heavy atom. The Morgan fingerprint density at radius 2 is 1.83 bits per heavy atom. The Balaban J connectivity index is 1.79. The molecule has 1 atom stereocenters. The van der Waals surface area contributed by atoms with Crippen molar-refractivity contribution in [3.05, 3.63) is 17.5 Å². The average molecular weight is 248 g/mol. The average Bonchev–Trinajstić information content (AvgIpc) is 2.78. The highest BCUT2D eigenvalue weighted by Crippen LogP contribution is 2.11. The summed E-state index contributed by atoms with van der Waals surface area (Å²) >= 11 is 0. The van der Waals surface area contributed by atoms with E-state index >= 15 is 0 Å². The maximum Gasteiger partial charge on any atom is 0.223 e. The van der Waals surface area contributed by atoms with Crippen LogP contribution in [-0.2, 0) is 0 Å². The Hall–Kier alpha value is -1.16. The fourth-order valence-electron chi connectivity index (χ4n) is 2.54. The van der Waals surface area contributed by atoms with Crippen LogP contribution in [-0.4, -0.2) is 41.0 Å². The van der Waals surface area contributed by atoms with Crippen LogP contribution < -0.4 is 5.32 Å². The van der Waals surface area contributed by atoms with E-state index in [9.17, 15) is 0 Å². The molecule has 1 aliphatic rings. The van der Waals surface area contributed by atoms with Gasteiger partial charge in [-0.2, -0.15) is 0 Å². The highest BCUT2D eigenvalue weighted by molar-refractivity contribution is 5.27. The van der Waals surface area contributed by atoms with Gasteiger partial charge in [0.2, 0.25) is 5.95 Å². The molecule has 1 fully saturated rings. The summed E-state index contributed by atoms with van der Waals surface area (Å²) in [5.41, 5.74) is 2.05.